The van der Waals surface area contributed by atoms with Gasteiger partial charge in [-0.05, 0) is 25.8 Å². The Morgan fingerprint density at radius 2 is 2.00 bits per heavy atom. The number of nitrogens with two attached hydrogens (primary N) is 1. The van der Waals surface area contributed by atoms with E-state index in [0.29, 0.717) is 12.2 Å². The fourth-order valence-electron chi connectivity index (χ4n) is 2.05. The van der Waals surface area contributed by atoms with Crippen LogP contribution in [0.15, 0.2) is 30.3 Å². The van der Waals surface area contributed by atoms with Gasteiger partial charge in [0, 0.05) is 6.54 Å². The van der Waals surface area contributed by atoms with Crippen LogP contribution in [0.5, 0.6) is 0 Å². The number of amides is 1. The van der Waals surface area contributed by atoms with E-state index in [1.165, 1.54) is 5.56 Å². The van der Waals surface area contributed by atoms with Crippen LogP contribution in [0.2, 0.25) is 0 Å². The molecule has 1 aromatic heterocycles. The minimum atomic E-state index is -0.0495. The van der Waals surface area contributed by atoms with E-state index in [4.69, 9.17) is 5.73 Å². The average Bonchev–Trinajstić information content (AvgIpc) is 2.67. The highest BCUT2D eigenvalue weighted by Crippen LogP contribution is 2.14. The summed E-state index contributed by atoms with van der Waals surface area (Å²) in [5, 5.41) is 7.14. The van der Waals surface area contributed by atoms with Crippen LogP contribution in [0, 0.1) is 13.8 Å². The van der Waals surface area contributed by atoms with E-state index in [2.05, 4.69) is 10.4 Å². The second kappa shape index (κ2) is 6.23. The minimum Gasteiger partial charge on any atom is -0.396 e. The summed E-state index contributed by atoms with van der Waals surface area (Å²) >= 11 is 0. The summed E-state index contributed by atoms with van der Waals surface area (Å²) < 4.78 is 1.64. The van der Waals surface area contributed by atoms with Crippen molar-refractivity contribution >= 4 is 11.6 Å². The first-order valence-corrected chi connectivity index (χ1v) is 6.68. The van der Waals surface area contributed by atoms with Crippen molar-refractivity contribution in [2.45, 2.75) is 26.8 Å². The van der Waals surface area contributed by atoms with E-state index in [1.807, 2.05) is 44.2 Å². The van der Waals surface area contributed by atoms with Crippen molar-refractivity contribution in [1.29, 1.82) is 0 Å². The second-order valence-electron chi connectivity index (χ2n) is 4.83. The number of hydrogen-bond donors (Lipinski definition) is 2. The molecule has 0 atom stereocenters. The highest BCUT2D eigenvalue weighted by Gasteiger charge is 2.10. The molecule has 0 spiro atoms. The van der Waals surface area contributed by atoms with Crippen LogP contribution in [0.1, 0.15) is 17.0 Å². The molecule has 0 saturated heterocycles. The lowest BCUT2D eigenvalue weighted by molar-refractivity contribution is -0.121. The quantitative estimate of drug-likeness (QED) is 0.865. The molecule has 2 aromatic rings. The number of anilines is 1. The van der Waals surface area contributed by atoms with E-state index in [9.17, 15) is 4.79 Å². The van der Waals surface area contributed by atoms with Crippen LogP contribution >= 0.6 is 0 Å². The zero-order chi connectivity index (χ0) is 14.5. The lowest BCUT2D eigenvalue weighted by Gasteiger charge is -2.07. The van der Waals surface area contributed by atoms with Crippen molar-refractivity contribution in [1.82, 2.24) is 15.1 Å². The topological polar surface area (TPSA) is 72.9 Å². The van der Waals surface area contributed by atoms with E-state index in [-0.39, 0.29) is 12.5 Å². The number of aryl methyl sites for hydroxylation is 1. The number of aromatic nitrogens is 2. The minimum absolute atomic E-state index is 0.0495. The predicted molar refractivity (Wildman–Crippen MR) is 79.3 cm³/mol. The zero-order valence-electron chi connectivity index (χ0n) is 11.9. The van der Waals surface area contributed by atoms with Gasteiger partial charge >= 0.3 is 0 Å². The van der Waals surface area contributed by atoms with Crippen LogP contribution in [-0.4, -0.2) is 22.2 Å². The van der Waals surface area contributed by atoms with E-state index in [0.717, 1.165) is 17.8 Å². The van der Waals surface area contributed by atoms with Gasteiger partial charge in [-0.1, -0.05) is 30.3 Å². The van der Waals surface area contributed by atoms with E-state index < -0.39 is 0 Å². The standard InChI is InChI=1S/C15H20N4O/c1-11-15(16)12(2)19(18-11)10-14(20)17-9-8-13-6-4-3-5-7-13/h3-7H,8-10,16H2,1-2H3,(H,17,20). The maximum Gasteiger partial charge on any atom is 0.241 e. The van der Waals surface area contributed by atoms with Gasteiger partial charge < -0.3 is 11.1 Å². The molecule has 0 radical (unpaired) electrons. The van der Waals surface area contributed by atoms with Crippen molar-refractivity contribution in [2.24, 2.45) is 0 Å². The number of hydrogen-bond acceptors (Lipinski definition) is 3. The Hall–Kier alpha value is -2.30. The molecule has 3 N–H and O–H groups in total. The summed E-state index contributed by atoms with van der Waals surface area (Å²) in [6.07, 6.45) is 0.825. The summed E-state index contributed by atoms with van der Waals surface area (Å²) in [7, 11) is 0. The second-order valence-corrected chi connectivity index (χ2v) is 4.83. The Morgan fingerprint density at radius 3 is 2.60 bits per heavy atom. The Kier molecular flexibility index (Phi) is 4.40. The molecule has 2 rings (SSSR count). The zero-order valence-corrected chi connectivity index (χ0v) is 11.9. The Labute approximate surface area is 118 Å². The lowest BCUT2D eigenvalue weighted by atomic mass is 10.1. The maximum absolute atomic E-state index is 11.9. The number of carbonyl (C=O) groups excluding carboxylic acids is 1. The lowest BCUT2D eigenvalue weighted by Crippen LogP contribution is -2.30. The van der Waals surface area contributed by atoms with E-state index in [1.54, 1.807) is 4.68 Å². The molecule has 1 amide bonds. The average molecular weight is 272 g/mol. The SMILES string of the molecule is Cc1nn(CC(=O)NCCc2ccccc2)c(C)c1N. The molecule has 5 heteroatoms. The number of rotatable bonds is 5. The molecule has 1 heterocycles. The van der Waals surface area contributed by atoms with Crippen LogP contribution in [0.3, 0.4) is 0 Å². The molecule has 0 bridgehead atoms. The molecule has 0 unspecified atom stereocenters. The summed E-state index contributed by atoms with van der Waals surface area (Å²) in [5.41, 5.74) is 9.30. The number of nitrogen functional groups attached to an aromatic ring is 1. The van der Waals surface area contributed by atoms with Gasteiger partial charge in [0.1, 0.15) is 6.54 Å². The van der Waals surface area contributed by atoms with Gasteiger partial charge in [0.15, 0.2) is 0 Å². The summed E-state index contributed by atoms with van der Waals surface area (Å²) in [6.45, 7) is 4.54. The third-order valence-corrected chi connectivity index (χ3v) is 3.31. The fourth-order valence-corrected chi connectivity index (χ4v) is 2.05. The fraction of sp³-hybridized carbons (Fsp3) is 0.333. The molecule has 5 nitrogen and oxygen atoms in total. The van der Waals surface area contributed by atoms with Crippen LogP contribution in [-0.2, 0) is 17.8 Å². The first-order chi connectivity index (χ1) is 9.58. The number of carbonyl (C=O) groups is 1. The van der Waals surface area contributed by atoms with Gasteiger partial charge in [-0.25, -0.2) is 0 Å². The largest absolute Gasteiger partial charge is 0.396 e. The predicted octanol–water partition coefficient (Wildman–Crippen LogP) is 1.44. The van der Waals surface area contributed by atoms with Gasteiger partial charge in [0.25, 0.3) is 0 Å². The Bertz CT molecular complexity index is 589. The number of nitrogens with one attached hydrogen (secondary N) is 1. The number of nitrogens with zero attached hydrogens (tertiary/aromatic N) is 2. The molecular weight excluding hydrogens is 252 g/mol. The monoisotopic (exact) mass is 272 g/mol. The molecule has 0 fully saturated rings. The molecule has 106 valence electrons. The first-order valence-electron chi connectivity index (χ1n) is 6.68. The Balaban J connectivity index is 1.82. The van der Waals surface area contributed by atoms with Gasteiger partial charge in [-0.3, -0.25) is 9.48 Å². The number of benzene rings is 1. The highest BCUT2D eigenvalue weighted by molar-refractivity contribution is 5.75. The Morgan fingerprint density at radius 1 is 1.30 bits per heavy atom. The van der Waals surface area contributed by atoms with Crippen LogP contribution in [0.4, 0.5) is 5.69 Å². The smallest absolute Gasteiger partial charge is 0.241 e. The van der Waals surface area contributed by atoms with Crippen molar-refractivity contribution in [2.75, 3.05) is 12.3 Å². The van der Waals surface area contributed by atoms with Crippen LogP contribution < -0.4 is 11.1 Å². The highest BCUT2D eigenvalue weighted by atomic mass is 16.2. The van der Waals surface area contributed by atoms with Crippen molar-refractivity contribution in [3.8, 4) is 0 Å². The molecule has 0 aliphatic carbocycles. The van der Waals surface area contributed by atoms with E-state index >= 15 is 0 Å². The van der Waals surface area contributed by atoms with Crippen molar-refractivity contribution < 1.29 is 4.79 Å². The molecule has 1 aromatic carbocycles. The van der Waals surface area contributed by atoms with Gasteiger partial charge in [-0.15, -0.1) is 0 Å². The van der Waals surface area contributed by atoms with Gasteiger partial charge in [0.2, 0.25) is 5.91 Å². The van der Waals surface area contributed by atoms with Crippen molar-refractivity contribution in [3.63, 3.8) is 0 Å². The molecular formula is C15H20N4O. The molecule has 20 heavy (non-hydrogen) atoms. The molecule has 0 aliphatic rings. The van der Waals surface area contributed by atoms with Gasteiger partial charge in [0.05, 0.1) is 17.1 Å². The van der Waals surface area contributed by atoms with Crippen LogP contribution in [0.25, 0.3) is 0 Å². The third kappa shape index (κ3) is 3.38. The van der Waals surface area contributed by atoms with Crippen molar-refractivity contribution in [3.05, 3.63) is 47.3 Å². The normalized spacial score (nSPS) is 10.5. The maximum atomic E-state index is 11.9. The summed E-state index contributed by atoms with van der Waals surface area (Å²) in [4.78, 5) is 11.9. The first kappa shape index (κ1) is 14.1. The summed E-state index contributed by atoms with van der Waals surface area (Å²) in [5.74, 6) is -0.0495. The van der Waals surface area contributed by atoms with Gasteiger partial charge in [-0.2, -0.15) is 5.10 Å². The molecule has 0 aliphatic heterocycles. The third-order valence-electron chi connectivity index (χ3n) is 3.31. The molecule has 0 saturated carbocycles. The summed E-state index contributed by atoms with van der Waals surface area (Å²) in [6, 6.07) is 10.1.